The molecule has 0 unspecified atom stereocenters. The first-order valence-corrected chi connectivity index (χ1v) is 8.77. The van der Waals surface area contributed by atoms with Gasteiger partial charge in [0.15, 0.2) is 5.96 Å². The summed E-state index contributed by atoms with van der Waals surface area (Å²) in [7, 11) is 0. The monoisotopic (exact) mass is 478 g/mol. The lowest BCUT2D eigenvalue weighted by Gasteiger charge is -2.43. The number of nitrogens with two attached hydrogens (primary N) is 1. The molecule has 1 aliphatic heterocycles. The molecule has 1 fully saturated rings. The molecule has 0 aromatic carbocycles. The molecule has 9 heteroatoms. The quantitative estimate of drug-likeness (QED) is 0.376. The van der Waals surface area contributed by atoms with Gasteiger partial charge in [-0.15, -0.1) is 24.0 Å². The van der Waals surface area contributed by atoms with Crippen molar-refractivity contribution in [2.45, 2.75) is 46.7 Å². The Balaban J connectivity index is 0.00000338. The number of guanidine groups is 1. The van der Waals surface area contributed by atoms with E-state index in [1.54, 1.807) is 0 Å². The van der Waals surface area contributed by atoms with Gasteiger partial charge in [-0.05, 0) is 34.6 Å². The highest BCUT2D eigenvalue weighted by molar-refractivity contribution is 14.0. The van der Waals surface area contributed by atoms with Crippen LogP contribution in [0.4, 0.5) is 0 Å². The number of halogens is 1. The minimum Gasteiger partial charge on any atom is -0.368 e. The molecule has 0 atom stereocenters. The SMILES string of the molecule is CCNC(=NCc1c(C)noc1C)N1CCN(C(C)(C)C(N)=O)CC1.I. The van der Waals surface area contributed by atoms with Crippen LogP contribution in [0, 0.1) is 13.8 Å². The van der Waals surface area contributed by atoms with Gasteiger partial charge in [0.1, 0.15) is 5.76 Å². The van der Waals surface area contributed by atoms with Gasteiger partial charge in [0.2, 0.25) is 5.91 Å². The number of nitrogens with zero attached hydrogens (tertiary/aromatic N) is 4. The standard InChI is InChI=1S/C17H30N6O2.HI/c1-6-19-16(20-11-14-12(2)21-25-13(14)3)22-7-9-23(10-8-22)17(4,5)15(18)24;/h6-11H2,1-5H3,(H2,18,24)(H,19,20);1H. The van der Waals surface area contributed by atoms with Crippen LogP contribution in [0.15, 0.2) is 9.52 Å². The molecule has 0 radical (unpaired) electrons. The van der Waals surface area contributed by atoms with E-state index >= 15 is 0 Å². The highest BCUT2D eigenvalue weighted by Gasteiger charge is 2.35. The smallest absolute Gasteiger partial charge is 0.237 e. The topological polar surface area (TPSA) is 100.0 Å². The zero-order valence-corrected chi connectivity index (χ0v) is 18.7. The molecule has 148 valence electrons. The van der Waals surface area contributed by atoms with Crippen LogP contribution in [0.3, 0.4) is 0 Å². The third-order valence-electron chi connectivity index (χ3n) is 4.88. The van der Waals surface area contributed by atoms with E-state index < -0.39 is 5.54 Å². The molecule has 0 bridgehead atoms. The molecule has 3 N–H and O–H groups in total. The number of nitrogens with one attached hydrogen (secondary N) is 1. The molecule has 0 spiro atoms. The molecule has 0 aliphatic carbocycles. The number of rotatable bonds is 5. The van der Waals surface area contributed by atoms with Crippen molar-refractivity contribution >= 4 is 35.8 Å². The number of hydrogen-bond acceptors (Lipinski definition) is 5. The summed E-state index contributed by atoms with van der Waals surface area (Å²) in [5.41, 5.74) is 6.81. The van der Waals surface area contributed by atoms with Crippen LogP contribution in [0.25, 0.3) is 0 Å². The van der Waals surface area contributed by atoms with Crippen LogP contribution >= 0.6 is 24.0 Å². The predicted octanol–water partition coefficient (Wildman–Crippen LogP) is 1.26. The van der Waals surface area contributed by atoms with Crippen LogP contribution in [0.2, 0.25) is 0 Å². The second-order valence-corrected chi connectivity index (χ2v) is 6.87. The molecule has 26 heavy (non-hydrogen) atoms. The fraction of sp³-hybridized carbons (Fsp3) is 0.706. The number of primary amides is 1. The Morgan fingerprint density at radius 1 is 1.31 bits per heavy atom. The Bertz CT molecular complexity index is 616. The minimum atomic E-state index is -0.627. The summed E-state index contributed by atoms with van der Waals surface area (Å²) in [5, 5.41) is 7.32. The van der Waals surface area contributed by atoms with Crippen molar-refractivity contribution in [3.8, 4) is 0 Å². The fourth-order valence-electron chi connectivity index (χ4n) is 2.94. The van der Waals surface area contributed by atoms with E-state index in [4.69, 9.17) is 15.2 Å². The Morgan fingerprint density at radius 2 is 1.92 bits per heavy atom. The van der Waals surface area contributed by atoms with E-state index in [1.807, 2.05) is 27.7 Å². The zero-order valence-electron chi connectivity index (χ0n) is 16.3. The lowest BCUT2D eigenvalue weighted by atomic mass is 10.0. The van der Waals surface area contributed by atoms with Crippen LogP contribution in [0.5, 0.6) is 0 Å². The minimum absolute atomic E-state index is 0. The maximum atomic E-state index is 11.7. The van der Waals surface area contributed by atoms with Crippen molar-refractivity contribution in [2.24, 2.45) is 10.7 Å². The van der Waals surface area contributed by atoms with Gasteiger partial charge in [-0.2, -0.15) is 0 Å². The number of carbonyl (C=O) groups is 1. The summed E-state index contributed by atoms with van der Waals surface area (Å²) in [5.74, 6) is 1.39. The van der Waals surface area contributed by atoms with Gasteiger partial charge in [0, 0.05) is 38.3 Å². The molecule has 2 heterocycles. The normalized spacial score (nSPS) is 16.3. The number of aromatic nitrogens is 1. The molecular formula is C17H31IN6O2. The summed E-state index contributed by atoms with van der Waals surface area (Å²) >= 11 is 0. The van der Waals surface area contributed by atoms with Gasteiger partial charge in [0.25, 0.3) is 0 Å². The Labute approximate surface area is 172 Å². The van der Waals surface area contributed by atoms with Crippen molar-refractivity contribution in [2.75, 3.05) is 32.7 Å². The van der Waals surface area contributed by atoms with Gasteiger partial charge in [-0.3, -0.25) is 9.69 Å². The Morgan fingerprint density at radius 3 is 2.38 bits per heavy atom. The second kappa shape index (κ2) is 9.54. The molecule has 1 aliphatic rings. The van der Waals surface area contributed by atoms with E-state index in [9.17, 15) is 4.79 Å². The molecule has 1 aromatic heterocycles. The van der Waals surface area contributed by atoms with Gasteiger partial charge in [-0.25, -0.2) is 4.99 Å². The molecule has 1 aromatic rings. The van der Waals surface area contributed by atoms with Crippen molar-refractivity contribution < 1.29 is 9.32 Å². The van der Waals surface area contributed by atoms with Crippen molar-refractivity contribution in [3.63, 3.8) is 0 Å². The molecule has 1 saturated heterocycles. The third-order valence-corrected chi connectivity index (χ3v) is 4.88. The summed E-state index contributed by atoms with van der Waals surface area (Å²) < 4.78 is 5.20. The average molecular weight is 478 g/mol. The maximum absolute atomic E-state index is 11.7. The van der Waals surface area contributed by atoms with Gasteiger partial charge in [-0.1, -0.05) is 5.16 Å². The number of piperazine rings is 1. The second-order valence-electron chi connectivity index (χ2n) is 6.87. The lowest BCUT2D eigenvalue weighted by Crippen LogP contribution is -2.61. The third kappa shape index (κ3) is 5.09. The first-order chi connectivity index (χ1) is 11.8. The lowest BCUT2D eigenvalue weighted by molar-refractivity contribution is -0.129. The summed E-state index contributed by atoms with van der Waals surface area (Å²) in [6, 6.07) is 0. The number of amides is 1. The number of carbonyl (C=O) groups excluding carboxylic acids is 1. The van der Waals surface area contributed by atoms with Gasteiger partial charge in [0.05, 0.1) is 17.8 Å². The molecule has 0 saturated carbocycles. The first-order valence-electron chi connectivity index (χ1n) is 8.77. The first kappa shape index (κ1) is 22.7. The van der Waals surface area contributed by atoms with Crippen LogP contribution in [0.1, 0.15) is 37.8 Å². The average Bonchev–Trinajstić information content (AvgIpc) is 2.90. The molecule has 1 amide bonds. The van der Waals surface area contributed by atoms with Gasteiger partial charge >= 0.3 is 0 Å². The highest BCUT2D eigenvalue weighted by Crippen LogP contribution is 2.17. The van der Waals surface area contributed by atoms with Gasteiger partial charge < -0.3 is 20.5 Å². The number of aryl methyl sites for hydroxylation is 2. The fourth-order valence-corrected chi connectivity index (χ4v) is 2.94. The van der Waals surface area contributed by atoms with E-state index in [2.05, 4.69) is 27.2 Å². The van der Waals surface area contributed by atoms with Crippen molar-refractivity contribution in [1.29, 1.82) is 0 Å². The van der Waals surface area contributed by atoms with E-state index in [-0.39, 0.29) is 29.9 Å². The van der Waals surface area contributed by atoms with Crippen LogP contribution < -0.4 is 11.1 Å². The number of hydrogen-bond donors (Lipinski definition) is 2. The predicted molar refractivity (Wildman–Crippen MR) is 113 cm³/mol. The van der Waals surface area contributed by atoms with Crippen LogP contribution in [-0.2, 0) is 11.3 Å². The molecular weight excluding hydrogens is 447 g/mol. The molecule has 2 rings (SSSR count). The van der Waals surface area contributed by atoms with E-state index in [0.29, 0.717) is 6.54 Å². The Kier molecular flexibility index (Phi) is 8.32. The number of aliphatic imine (C=N–C) groups is 1. The van der Waals surface area contributed by atoms with E-state index in [0.717, 1.165) is 55.7 Å². The highest BCUT2D eigenvalue weighted by atomic mass is 127. The van der Waals surface area contributed by atoms with E-state index in [1.165, 1.54) is 0 Å². The Hall–Kier alpha value is -1.36. The summed E-state index contributed by atoms with van der Waals surface area (Å²) in [4.78, 5) is 20.7. The summed E-state index contributed by atoms with van der Waals surface area (Å²) in [6.45, 7) is 14.1. The zero-order chi connectivity index (χ0) is 18.6. The summed E-state index contributed by atoms with van der Waals surface area (Å²) in [6.07, 6.45) is 0. The van der Waals surface area contributed by atoms with Crippen LogP contribution in [-0.4, -0.2) is 65.1 Å². The molecule has 8 nitrogen and oxygen atoms in total. The largest absolute Gasteiger partial charge is 0.368 e. The van der Waals surface area contributed by atoms with Crippen molar-refractivity contribution in [1.82, 2.24) is 20.3 Å². The maximum Gasteiger partial charge on any atom is 0.237 e. The van der Waals surface area contributed by atoms with Crippen molar-refractivity contribution in [3.05, 3.63) is 17.0 Å².